The van der Waals surface area contributed by atoms with Crippen molar-refractivity contribution in [1.29, 1.82) is 0 Å². The molecule has 2 rings (SSSR count). The largest absolute Gasteiger partial charge is 0.494 e. The summed E-state index contributed by atoms with van der Waals surface area (Å²) in [6.07, 6.45) is 1.98. The van der Waals surface area contributed by atoms with Gasteiger partial charge in [0.1, 0.15) is 5.75 Å². The summed E-state index contributed by atoms with van der Waals surface area (Å²) in [5.41, 5.74) is 5.80. The van der Waals surface area contributed by atoms with Gasteiger partial charge in [-0.05, 0) is 64.9 Å². The van der Waals surface area contributed by atoms with Gasteiger partial charge in [0.2, 0.25) is 0 Å². The fraction of sp³-hybridized carbons (Fsp3) is 0.211. The van der Waals surface area contributed by atoms with Gasteiger partial charge in [0.05, 0.1) is 12.2 Å². The maximum Gasteiger partial charge on any atom is 0.270 e. The summed E-state index contributed by atoms with van der Waals surface area (Å²) in [5, 5.41) is 2.50. The molecule has 27 heavy (non-hydrogen) atoms. The average molecular weight is 450 g/mol. The van der Waals surface area contributed by atoms with Crippen LogP contribution in [0.15, 0.2) is 53.0 Å². The van der Waals surface area contributed by atoms with Crippen LogP contribution in [-0.2, 0) is 0 Å². The number of benzene rings is 2. The van der Waals surface area contributed by atoms with Gasteiger partial charge in [0, 0.05) is 10.0 Å². The quantitative estimate of drug-likeness (QED) is 0.356. The molecule has 0 saturated carbocycles. The minimum absolute atomic E-state index is 0.0160. The van der Waals surface area contributed by atoms with Crippen LogP contribution in [0, 0.1) is 0 Å². The Morgan fingerprint density at radius 1 is 1.07 bits per heavy atom. The van der Waals surface area contributed by atoms with Crippen molar-refractivity contribution in [2.45, 2.75) is 19.8 Å². The summed E-state index contributed by atoms with van der Waals surface area (Å²) in [6, 6.07) is 13.8. The third-order valence-corrected chi connectivity index (χ3v) is 4.39. The minimum atomic E-state index is -0.399. The molecule has 0 heterocycles. The molecule has 0 spiro atoms. The summed E-state index contributed by atoms with van der Waals surface area (Å²) in [7, 11) is 0. The summed E-state index contributed by atoms with van der Waals surface area (Å²) >= 11 is 8.35. The summed E-state index contributed by atoms with van der Waals surface area (Å²) < 4.78 is 6.24. The average Bonchev–Trinajstić information content (AvgIpc) is 2.67. The summed E-state index contributed by atoms with van der Waals surface area (Å²) in [6.45, 7) is 2.68. The third kappa shape index (κ3) is 6.65. The molecule has 2 aromatic carbocycles. The number of hydrogen-bond donors (Lipinski definition) is 3. The van der Waals surface area contributed by atoms with E-state index in [2.05, 4.69) is 39.0 Å². The number of rotatable bonds is 6. The van der Waals surface area contributed by atoms with Gasteiger partial charge in [-0.15, -0.1) is 0 Å². The first-order chi connectivity index (χ1) is 13.0. The van der Waals surface area contributed by atoms with E-state index in [4.69, 9.17) is 17.0 Å². The second-order valence-corrected chi connectivity index (χ2v) is 6.83. The first kappa shape index (κ1) is 20.9. The van der Waals surface area contributed by atoms with Crippen molar-refractivity contribution in [1.82, 2.24) is 16.2 Å². The van der Waals surface area contributed by atoms with E-state index in [1.165, 1.54) is 0 Å². The third-order valence-electron chi connectivity index (χ3n) is 3.50. The van der Waals surface area contributed by atoms with Crippen LogP contribution < -0.4 is 20.9 Å². The number of unbranched alkanes of at least 4 members (excludes halogenated alkanes) is 1. The molecule has 0 aromatic heterocycles. The molecule has 0 atom stereocenters. The van der Waals surface area contributed by atoms with E-state index in [1.807, 2.05) is 0 Å². The Morgan fingerprint density at radius 3 is 2.59 bits per heavy atom. The highest BCUT2D eigenvalue weighted by Gasteiger charge is 2.12. The monoisotopic (exact) mass is 449 g/mol. The van der Waals surface area contributed by atoms with Crippen LogP contribution in [0.3, 0.4) is 0 Å². The topological polar surface area (TPSA) is 79.5 Å². The van der Waals surface area contributed by atoms with Gasteiger partial charge in [0.25, 0.3) is 11.8 Å². The molecule has 8 heteroatoms. The Balaban J connectivity index is 1.86. The molecule has 0 bridgehead atoms. The smallest absolute Gasteiger partial charge is 0.270 e. The van der Waals surface area contributed by atoms with E-state index in [-0.39, 0.29) is 11.0 Å². The predicted molar refractivity (Wildman–Crippen MR) is 112 cm³/mol. The van der Waals surface area contributed by atoms with E-state index in [1.54, 1.807) is 48.5 Å². The summed E-state index contributed by atoms with van der Waals surface area (Å²) in [4.78, 5) is 24.4. The molecule has 142 valence electrons. The van der Waals surface area contributed by atoms with Gasteiger partial charge >= 0.3 is 0 Å². The highest BCUT2D eigenvalue weighted by Crippen LogP contribution is 2.15. The SMILES string of the molecule is CCCCOc1cccc(C(=O)NC(=S)NNC(=O)c2ccccc2Br)c1. The normalized spacial score (nSPS) is 10.0. The van der Waals surface area contributed by atoms with Crippen molar-refractivity contribution in [3.63, 3.8) is 0 Å². The maximum absolute atomic E-state index is 12.3. The van der Waals surface area contributed by atoms with Crippen molar-refractivity contribution in [2.75, 3.05) is 6.61 Å². The highest BCUT2D eigenvalue weighted by molar-refractivity contribution is 9.10. The Kier molecular flexibility index (Phi) is 8.22. The Hall–Kier alpha value is -2.45. The lowest BCUT2D eigenvalue weighted by Crippen LogP contribution is -2.48. The van der Waals surface area contributed by atoms with Gasteiger partial charge in [0.15, 0.2) is 5.11 Å². The van der Waals surface area contributed by atoms with E-state index in [9.17, 15) is 9.59 Å². The first-order valence-corrected chi connectivity index (χ1v) is 9.60. The van der Waals surface area contributed by atoms with Crippen LogP contribution in [0.2, 0.25) is 0 Å². The zero-order valence-corrected chi connectivity index (χ0v) is 17.2. The number of hydrogen-bond acceptors (Lipinski definition) is 4. The predicted octanol–water partition coefficient (Wildman–Crippen LogP) is 3.58. The van der Waals surface area contributed by atoms with E-state index >= 15 is 0 Å². The number of ether oxygens (including phenoxy) is 1. The second-order valence-electron chi connectivity index (χ2n) is 5.57. The molecule has 0 fully saturated rings. The molecule has 0 aliphatic carbocycles. The van der Waals surface area contributed by atoms with Crippen molar-refractivity contribution in [2.24, 2.45) is 0 Å². The lowest BCUT2D eigenvalue weighted by atomic mass is 10.2. The zero-order chi connectivity index (χ0) is 19.6. The summed E-state index contributed by atoms with van der Waals surface area (Å²) in [5.74, 6) is -0.161. The fourth-order valence-electron chi connectivity index (χ4n) is 2.09. The van der Waals surface area contributed by atoms with Crippen LogP contribution in [0.5, 0.6) is 5.75 Å². The van der Waals surface area contributed by atoms with E-state index in [0.717, 1.165) is 12.8 Å². The van der Waals surface area contributed by atoms with Gasteiger partial charge in [-0.2, -0.15) is 0 Å². The van der Waals surface area contributed by atoms with Crippen LogP contribution in [0.25, 0.3) is 0 Å². The number of amides is 2. The van der Waals surface area contributed by atoms with E-state index in [0.29, 0.717) is 28.0 Å². The molecule has 0 aliphatic rings. The molecule has 0 aliphatic heterocycles. The van der Waals surface area contributed by atoms with Crippen LogP contribution >= 0.6 is 28.1 Å². The number of nitrogens with one attached hydrogen (secondary N) is 3. The van der Waals surface area contributed by atoms with Gasteiger partial charge < -0.3 is 4.74 Å². The molecule has 6 nitrogen and oxygen atoms in total. The van der Waals surface area contributed by atoms with Crippen LogP contribution in [0.1, 0.15) is 40.5 Å². The van der Waals surface area contributed by atoms with E-state index < -0.39 is 5.91 Å². The van der Waals surface area contributed by atoms with Gasteiger partial charge in [-0.25, -0.2) is 0 Å². The van der Waals surface area contributed by atoms with Crippen molar-refractivity contribution in [3.05, 3.63) is 64.1 Å². The Bertz CT molecular complexity index is 829. The zero-order valence-electron chi connectivity index (χ0n) is 14.8. The lowest BCUT2D eigenvalue weighted by molar-refractivity contribution is 0.0934. The lowest BCUT2D eigenvalue weighted by Gasteiger charge is -2.12. The van der Waals surface area contributed by atoms with Crippen molar-refractivity contribution < 1.29 is 14.3 Å². The van der Waals surface area contributed by atoms with Gasteiger partial charge in [-0.3, -0.25) is 25.8 Å². The van der Waals surface area contributed by atoms with Crippen LogP contribution in [-0.4, -0.2) is 23.5 Å². The Morgan fingerprint density at radius 2 is 1.85 bits per heavy atom. The molecule has 2 aromatic rings. The highest BCUT2D eigenvalue weighted by atomic mass is 79.9. The minimum Gasteiger partial charge on any atom is -0.494 e. The Labute approximate surface area is 171 Å². The molecule has 3 N–H and O–H groups in total. The van der Waals surface area contributed by atoms with Crippen molar-refractivity contribution >= 4 is 45.1 Å². The maximum atomic E-state index is 12.3. The first-order valence-electron chi connectivity index (χ1n) is 8.40. The molecule has 0 radical (unpaired) electrons. The number of carbonyl (C=O) groups excluding carboxylic acids is 2. The standard InChI is InChI=1S/C19H20BrN3O3S/c1-2-3-11-26-14-8-6-7-13(12-14)17(24)21-19(27)23-22-18(25)15-9-4-5-10-16(15)20/h4-10,12H,2-3,11H2,1H3,(H,22,25)(H2,21,23,24,27). The fourth-order valence-corrected chi connectivity index (χ4v) is 2.70. The molecule has 0 saturated heterocycles. The number of thiocarbonyl (C=S) groups is 1. The molecule has 0 unspecified atom stereocenters. The number of halogens is 1. The molecular weight excluding hydrogens is 430 g/mol. The number of carbonyl (C=O) groups is 2. The molecular formula is C19H20BrN3O3S. The number of hydrazine groups is 1. The molecule has 2 amide bonds. The van der Waals surface area contributed by atoms with Crippen molar-refractivity contribution in [3.8, 4) is 5.75 Å². The second kappa shape index (κ2) is 10.6. The van der Waals surface area contributed by atoms with Crippen LogP contribution in [0.4, 0.5) is 0 Å². The van der Waals surface area contributed by atoms with Gasteiger partial charge in [-0.1, -0.05) is 31.5 Å².